The Hall–Kier alpha value is -1.58. The van der Waals surface area contributed by atoms with E-state index in [1.807, 2.05) is 11.9 Å². The number of aromatic carboxylic acids is 1. The highest BCUT2D eigenvalue weighted by Crippen LogP contribution is 2.23. The first-order chi connectivity index (χ1) is 8.34. The lowest BCUT2D eigenvalue weighted by Gasteiger charge is -2.28. The number of carboxylic acids is 1. The molecule has 1 aromatic heterocycles. The molecule has 1 rings (SSSR count). The number of pyridine rings is 1. The summed E-state index contributed by atoms with van der Waals surface area (Å²) in [6.45, 7) is 8.21. The van der Waals surface area contributed by atoms with Gasteiger partial charge in [-0.1, -0.05) is 13.8 Å². The number of nitrogens with zero attached hydrogens (tertiary/aromatic N) is 2. The number of carbonyl (C=O) groups is 1. The molecule has 1 N–H and O–H groups in total. The normalized spacial score (nSPS) is 12.6. The maximum Gasteiger partial charge on any atom is 0.339 e. The van der Waals surface area contributed by atoms with Gasteiger partial charge < -0.3 is 10.0 Å². The fraction of sp³-hybridized carbons (Fsp3) is 0.571. The molecule has 0 spiro atoms. The van der Waals surface area contributed by atoms with Gasteiger partial charge in [-0.05, 0) is 37.8 Å². The molecule has 4 heteroatoms. The number of anilines is 1. The number of hydrogen-bond donors (Lipinski definition) is 1. The zero-order chi connectivity index (χ0) is 13.9. The summed E-state index contributed by atoms with van der Waals surface area (Å²) in [5.41, 5.74) is 1.05. The van der Waals surface area contributed by atoms with Gasteiger partial charge in [-0.25, -0.2) is 9.78 Å². The standard InChI is InChI=1S/C14H22N2O2/c1-9(2)8-11(4)16(5)13-12(14(17)18)10(3)6-7-15-13/h6-7,9,11H,8H2,1-5H3,(H,17,18). The quantitative estimate of drug-likeness (QED) is 0.873. The number of aryl methyl sites for hydroxylation is 1. The lowest BCUT2D eigenvalue weighted by molar-refractivity contribution is 0.0696. The van der Waals surface area contributed by atoms with Gasteiger partial charge >= 0.3 is 5.97 Å². The lowest BCUT2D eigenvalue weighted by Crippen LogP contribution is -2.32. The highest BCUT2D eigenvalue weighted by molar-refractivity contribution is 5.94. The zero-order valence-corrected chi connectivity index (χ0v) is 11.8. The summed E-state index contributed by atoms with van der Waals surface area (Å²) >= 11 is 0. The van der Waals surface area contributed by atoms with Crippen LogP contribution in [0.2, 0.25) is 0 Å². The van der Waals surface area contributed by atoms with Gasteiger partial charge in [0.25, 0.3) is 0 Å². The van der Waals surface area contributed by atoms with Gasteiger partial charge in [-0.3, -0.25) is 0 Å². The van der Waals surface area contributed by atoms with Gasteiger partial charge in [0.15, 0.2) is 0 Å². The molecule has 0 aliphatic rings. The maximum atomic E-state index is 11.3. The van der Waals surface area contributed by atoms with Crippen molar-refractivity contribution in [1.82, 2.24) is 4.98 Å². The largest absolute Gasteiger partial charge is 0.478 e. The second-order valence-electron chi connectivity index (χ2n) is 5.22. The Kier molecular flexibility index (Phi) is 4.70. The van der Waals surface area contributed by atoms with Crippen molar-refractivity contribution in [1.29, 1.82) is 0 Å². The van der Waals surface area contributed by atoms with Crippen molar-refractivity contribution in [2.45, 2.75) is 40.2 Å². The van der Waals surface area contributed by atoms with Crippen LogP contribution in [0.15, 0.2) is 12.3 Å². The summed E-state index contributed by atoms with van der Waals surface area (Å²) in [4.78, 5) is 17.5. The molecule has 18 heavy (non-hydrogen) atoms. The highest BCUT2D eigenvalue weighted by atomic mass is 16.4. The van der Waals surface area contributed by atoms with E-state index in [9.17, 15) is 9.90 Å². The summed E-state index contributed by atoms with van der Waals surface area (Å²) in [7, 11) is 1.90. The van der Waals surface area contributed by atoms with Gasteiger partial charge in [-0.2, -0.15) is 0 Å². The Morgan fingerprint density at radius 3 is 2.56 bits per heavy atom. The molecule has 0 fully saturated rings. The lowest BCUT2D eigenvalue weighted by atomic mass is 10.0. The first-order valence-corrected chi connectivity index (χ1v) is 6.26. The van der Waals surface area contributed by atoms with Crippen molar-refractivity contribution in [2.24, 2.45) is 5.92 Å². The van der Waals surface area contributed by atoms with Crippen molar-refractivity contribution in [3.63, 3.8) is 0 Å². The van der Waals surface area contributed by atoms with E-state index < -0.39 is 5.97 Å². The molecule has 100 valence electrons. The van der Waals surface area contributed by atoms with Crippen LogP contribution in [0.4, 0.5) is 5.82 Å². The molecular weight excluding hydrogens is 228 g/mol. The molecule has 4 nitrogen and oxygen atoms in total. The predicted octanol–water partition coefficient (Wildman–Crippen LogP) is 2.96. The molecule has 0 saturated heterocycles. The van der Waals surface area contributed by atoms with Crippen molar-refractivity contribution in [3.05, 3.63) is 23.4 Å². The van der Waals surface area contributed by atoms with Crippen molar-refractivity contribution in [2.75, 3.05) is 11.9 Å². The zero-order valence-electron chi connectivity index (χ0n) is 11.8. The number of rotatable bonds is 5. The van der Waals surface area contributed by atoms with Crippen LogP contribution >= 0.6 is 0 Å². The van der Waals surface area contributed by atoms with Crippen molar-refractivity contribution < 1.29 is 9.90 Å². The Morgan fingerprint density at radius 2 is 2.06 bits per heavy atom. The van der Waals surface area contributed by atoms with E-state index in [0.29, 0.717) is 17.3 Å². The SMILES string of the molecule is Cc1ccnc(N(C)C(C)CC(C)C)c1C(=O)O. The van der Waals surface area contributed by atoms with E-state index in [1.165, 1.54) is 0 Å². The third-order valence-corrected chi connectivity index (χ3v) is 3.16. The number of hydrogen-bond acceptors (Lipinski definition) is 3. The van der Waals surface area contributed by atoms with Gasteiger partial charge in [0, 0.05) is 19.3 Å². The van der Waals surface area contributed by atoms with Crippen LogP contribution in [-0.2, 0) is 0 Å². The smallest absolute Gasteiger partial charge is 0.339 e. The summed E-state index contributed by atoms with van der Waals surface area (Å²) in [5.74, 6) is 0.204. The Balaban J connectivity index is 3.09. The van der Waals surface area contributed by atoms with Gasteiger partial charge in [0.05, 0.1) is 0 Å². The van der Waals surface area contributed by atoms with Crippen molar-refractivity contribution >= 4 is 11.8 Å². The maximum absolute atomic E-state index is 11.3. The molecule has 0 radical (unpaired) electrons. The van der Waals surface area contributed by atoms with Crippen LogP contribution in [0, 0.1) is 12.8 Å². The second-order valence-corrected chi connectivity index (χ2v) is 5.22. The highest BCUT2D eigenvalue weighted by Gasteiger charge is 2.21. The molecule has 1 atom stereocenters. The molecule has 1 unspecified atom stereocenters. The monoisotopic (exact) mass is 250 g/mol. The Labute approximate surface area is 109 Å². The molecule has 0 bridgehead atoms. The van der Waals surface area contributed by atoms with E-state index in [1.54, 1.807) is 19.2 Å². The summed E-state index contributed by atoms with van der Waals surface area (Å²) < 4.78 is 0. The van der Waals surface area contributed by atoms with Crippen LogP contribution in [0.1, 0.15) is 43.1 Å². The van der Waals surface area contributed by atoms with Gasteiger partial charge in [-0.15, -0.1) is 0 Å². The van der Waals surface area contributed by atoms with E-state index in [2.05, 4.69) is 25.8 Å². The summed E-state index contributed by atoms with van der Waals surface area (Å²) in [6.07, 6.45) is 2.67. The van der Waals surface area contributed by atoms with Crippen molar-refractivity contribution in [3.8, 4) is 0 Å². The minimum atomic E-state index is -0.917. The van der Waals surface area contributed by atoms with Gasteiger partial charge in [0.1, 0.15) is 11.4 Å². The third kappa shape index (κ3) is 3.22. The fourth-order valence-corrected chi connectivity index (χ4v) is 2.12. The minimum absolute atomic E-state index is 0.261. The fourth-order valence-electron chi connectivity index (χ4n) is 2.12. The molecule has 0 aromatic carbocycles. The summed E-state index contributed by atoms with van der Waals surface area (Å²) in [5, 5.41) is 9.29. The molecular formula is C14H22N2O2. The van der Waals surface area contributed by atoms with E-state index >= 15 is 0 Å². The second kappa shape index (κ2) is 5.85. The summed E-state index contributed by atoms with van der Waals surface area (Å²) in [6, 6.07) is 1.99. The van der Waals surface area contributed by atoms with E-state index in [4.69, 9.17) is 0 Å². The van der Waals surface area contributed by atoms with E-state index in [0.717, 1.165) is 12.0 Å². The van der Waals surface area contributed by atoms with Crippen LogP contribution in [0.3, 0.4) is 0 Å². The molecule has 0 amide bonds. The number of carboxylic acid groups (broad SMARTS) is 1. The first-order valence-electron chi connectivity index (χ1n) is 6.26. The first kappa shape index (κ1) is 14.5. The minimum Gasteiger partial charge on any atom is -0.478 e. The molecule has 0 saturated carbocycles. The predicted molar refractivity (Wildman–Crippen MR) is 73.3 cm³/mol. The Bertz CT molecular complexity index is 430. The number of aromatic nitrogens is 1. The average molecular weight is 250 g/mol. The average Bonchev–Trinajstić information content (AvgIpc) is 2.26. The van der Waals surface area contributed by atoms with Crippen LogP contribution < -0.4 is 4.90 Å². The molecule has 0 aliphatic heterocycles. The Morgan fingerprint density at radius 1 is 1.44 bits per heavy atom. The topological polar surface area (TPSA) is 53.4 Å². The van der Waals surface area contributed by atoms with Crippen LogP contribution in [0.5, 0.6) is 0 Å². The van der Waals surface area contributed by atoms with E-state index in [-0.39, 0.29) is 6.04 Å². The van der Waals surface area contributed by atoms with Crippen LogP contribution in [0.25, 0.3) is 0 Å². The van der Waals surface area contributed by atoms with Crippen LogP contribution in [-0.4, -0.2) is 29.1 Å². The van der Waals surface area contributed by atoms with Gasteiger partial charge in [0.2, 0.25) is 0 Å². The molecule has 1 aromatic rings. The molecule has 1 heterocycles. The molecule has 0 aliphatic carbocycles. The third-order valence-electron chi connectivity index (χ3n) is 3.16.